The molecule has 0 fully saturated rings. The number of hydrogen-bond acceptors (Lipinski definition) is 2. The number of aryl methyl sites for hydroxylation is 2. The number of hydrogen-bond donors (Lipinski definition) is 0. The largest absolute Gasteiger partial charge is 0.466 e. The summed E-state index contributed by atoms with van der Waals surface area (Å²) < 4.78 is 5.30. The molecule has 0 bridgehead atoms. The summed E-state index contributed by atoms with van der Waals surface area (Å²) in [6, 6.07) is 1.81. The van der Waals surface area contributed by atoms with E-state index in [1.807, 2.05) is 26.0 Å². The van der Waals surface area contributed by atoms with Crippen molar-refractivity contribution in [2.75, 3.05) is 0 Å². The fourth-order valence-corrected chi connectivity index (χ4v) is 1.45. The lowest BCUT2D eigenvalue weighted by molar-refractivity contribution is 0.0979. The fourth-order valence-electron chi connectivity index (χ4n) is 1.45. The molecule has 1 aromatic heterocycles. The van der Waals surface area contributed by atoms with E-state index in [9.17, 15) is 4.79 Å². The summed E-state index contributed by atoms with van der Waals surface area (Å²) in [6.07, 6.45) is 4.17. The second-order valence-electron chi connectivity index (χ2n) is 3.43. The number of furan rings is 1. The average molecular weight is 192 g/mol. The topological polar surface area (TPSA) is 30.2 Å². The van der Waals surface area contributed by atoms with Gasteiger partial charge in [-0.15, -0.1) is 6.58 Å². The second kappa shape index (κ2) is 4.80. The average Bonchev–Trinajstić information content (AvgIpc) is 2.45. The summed E-state index contributed by atoms with van der Waals surface area (Å²) in [7, 11) is 0. The van der Waals surface area contributed by atoms with Crippen molar-refractivity contribution in [2.45, 2.75) is 33.1 Å². The smallest absolute Gasteiger partial charge is 0.166 e. The predicted molar refractivity (Wildman–Crippen MR) is 56.6 cm³/mol. The number of allylic oxidation sites excluding steroid dienone is 1. The van der Waals surface area contributed by atoms with E-state index in [0.29, 0.717) is 6.42 Å². The predicted octanol–water partition coefficient (Wildman–Crippen LogP) is 3.44. The van der Waals surface area contributed by atoms with Gasteiger partial charge in [0, 0.05) is 6.42 Å². The number of carbonyl (C=O) groups is 1. The third-order valence-corrected chi connectivity index (χ3v) is 2.15. The van der Waals surface area contributed by atoms with Crippen LogP contribution in [0.5, 0.6) is 0 Å². The van der Waals surface area contributed by atoms with Crippen molar-refractivity contribution in [3.05, 3.63) is 35.8 Å². The molecular formula is C12H16O2. The Bertz CT molecular complexity index is 334. The van der Waals surface area contributed by atoms with E-state index in [1.54, 1.807) is 0 Å². The van der Waals surface area contributed by atoms with Gasteiger partial charge in [0.25, 0.3) is 0 Å². The second-order valence-corrected chi connectivity index (χ2v) is 3.43. The Balaban J connectivity index is 2.60. The van der Waals surface area contributed by atoms with E-state index in [4.69, 9.17) is 4.42 Å². The Hall–Kier alpha value is -1.31. The van der Waals surface area contributed by atoms with Crippen molar-refractivity contribution in [2.24, 2.45) is 0 Å². The molecule has 76 valence electrons. The molecule has 0 unspecified atom stereocenters. The minimum Gasteiger partial charge on any atom is -0.466 e. The summed E-state index contributed by atoms with van der Waals surface area (Å²) in [5.41, 5.74) is 0.728. The van der Waals surface area contributed by atoms with Gasteiger partial charge in [0.2, 0.25) is 0 Å². The first-order valence-electron chi connectivity index (χ1n) is 4.86. The molecule has 2 nitrogen and oxygen atoms in total. The highest BCUT2D eigenvalue weighted by Crippen LogP contribution is 2.16. The highest BCUT2D eigenvalue weighted by molar-refractivity contribution is 5.97. The van der Waals surface area contributed by atoms with Crippen LogP contribution < -0.4 is 0 Å². The van der Waals surface area contributed by atoms with Crippen LogP contribution in [-0.4, -0.2) is 5.78 Å². The Labute approximate surface area is 84.6 Å². The first-order valence-corrected chi connectivity index (χ1v) is 4.86. The van der Waals surface area contributed by atoms with Gasteiger partial charge in [-0.05, 0) is 32.8 Å². The van der Waals surface area contributed by atoms with Gasteiger partial charge in [0.1, 0.15) is 11.5 Å². The van der Waals surface area contributed by atoms with Gasteiger partial charge >= 0.3 is 0 Å². The molecule has 1 rings (SSSR count). The maximum Gasteiger partial charge on any atom is 0.166 e. The van der Waals surface area contributed by atoms with Gasteiger partial charge in [-0.2, -0.15) is 0 Å². The summed E-state index contributed by atoms with van der Waals surface area (Å²) in [5, 5.41) is 0. The Morgan fingerprint density at radius 1 is 1.57 bits per heavy atom. The molecule has 0 aromatic carbocycles. The van der Waals surface area contributed by atoms with E-state index in [1.165, 1.54) is 0 Å². The quantitative estimate of drug-likeness (QED) is 0.406. The molecule has 0 atom stereocenters. The van der Waals surface area contributed by atoms with Crippen LogP contribution in [0.3, 0.4) is 0 Å². The lowest BCUT2D eigenvalue weighted by atomic mass is 10.1. The summed E-state index contributed by atoms with van der Waals surface area (Å²) in [4.78, 5) is 11.7. The number of ketones is 1. The van der Waals surface area contributed by atoms with Gasteiger partial charge in [0.15, 0.2) is 5.78 Å². The van der Waals surface area contributed by atoms with Crippen LogP contribution in [0.15, 0.2) is 23.1 Å². The number of carbonyl (C=O) groups excluding carboxylic acids is 1. The number of rotatable bonds is 5. The van der Waals surface area contributed by atoms with E-state index >= 15 is 0 Å². The lowest BCUT2D eigenvalue weighted by Crippen LogP contribution is -1.98. The van der Waals surface area contributed by atoms with Gasteiger partial charge in [0.05, 0.1) is 5.56 Å². The first kappa shape index (κ1) is 10.8. The highest BCUT2D eigenvalue weighted by atomic mass is 16.3. The zero-order valence-electron chi connectivity index (χ0n) is 8.80. The molecular weight excluding hydrogens is 176 g/mol. The third-order valence-electron chi connectivity index (χ3n) is 2.15. The number of unbranched alkanes of at least 4 members (excludes halogenated alkanes) is 1. The maximum absolute atomic E-state index is 11.7. The normalized spacial score (nSPS) is 10.1. The van der Waals surface area contributed by atoms with Crippen molar-refractivity contribution in [1.29, 1.82) is 0 Å². The molecule has 14 heavy (non-hydrogen) atoms. The molecule has 0 aliphatic carbocycles. The Morgan fingerprint density at radius 2 is 2.29 bits per heavy atom. The summed E-state index contributed by atoms with van der Waals surface area (Å²) >= 11 is 0. The van der Waals surface area contributed by atoms with E-state index in [-0.39, 0.29) is 5.78 Å². The van der Waals surface area contributed by atoms with Crippen LogP contribution in [-0.2, 0) is 0 Å². The molecule has 0 aliphatic rings. The molecule has 0 radical (unpaired) electrons. The van der Waals surface area contributed by atoms with Crippen molar-refractivity contribution in [3.8, 4) is 0 Å². The van der Waals surface area contributed by atoms with Crippen molar-refractivity contribution in [3.63, 3.8) is 0 Å². The fraction of sp³-hybridized carbons (Fsp3) is 0.417. The van der Waals surface area contributed by atoms with Crippen LogP contribution in [0.1, 0.15) is 41.1 Å². The van der Waals surface area contributed by atoms with Crippen LogP contribution in [0.25, 0.3) is 0 Å². The Morgan fingerprint density at radius 3 is 2.79 bits per heavy atom. The zero-order chi connectivity index (χ0) is 10.6. The van der Waals surface area contributed by atoms with Crippen LogP contribution in [0.4, 0.5) is 0 Å². The molecule has 0 saturated carbocycles. The van der Waals surface area contributed by atoms with E-state index < -0.39 is 0 Å². The van der Waals surface area contributed by atoms with Crippen molar-refractivity contribution >= 4 is 5.78 Å². The number of Topliss-reactive ketones (excluding diaryl/α,β-unsaturated/α-hetero) is 1. The molecule has 0 amide bonds. The van der Waals surface area contributed by atoms with Gasteiger partial charge in [-0.3, -0.25) is 4.79 Å². The van der Waals surface area contributed by atoms with E-state index in [0.717, 1.165) is 29.9 Å². The molecule has 2 heteroatoms. The maximum atomic E-state index is 11.7. The highest BCUT2D eigenvalue weighted by Gasteiger charge is 2.12. The van der Waals surface area contributed by atoms with Gasteiger partial charge in [-0.25, -0.2) is 0 Å². The SMILES string of the molecule is C=CCCCC(=O)c1cc(C)oc1C. The standard InChI is InChI=1S/C12H16O2/c1-4-5-6-7-12(13)11-8-9(2)14-10(11)3/h4,8H,1,5-7H2,2-3H3. The van der Waals surface area contributed by atoms with Crippen molar-refractivity contribution < 1.29 is 9.21 Å². The van der Waals surface area contributed by atoms with E-state index in [2.05, 4.69) is 6.58 Å². The summed E-state index contributed by atoms with van der Waals surface area (Å²) in [5.74, 6) is 1.70. The van der Waals surface area contributed by atoms with Gasteiger partial charge in [-0.1, -0.05) is 6.08 Å². The molecule has 0 N–H and O–H groups in total. The summed E-state index contributed by atoms with van der Waals surface area (Å²) in [6.45, 7) is 7.30. The molecule has 0 aliphatic heterocycles. The first-order chi connectivity index (χ1) is 6.65. The van der Waals surface area contributed by atoms with Crippen LogP contribution in [0.2, 0.25) is 0 Å². The van der Waals surface area contributed by atoms with Crippen LogP contribution in [0, 0.1) is 13.8 Å². The molecule has 0 spiro atoms. The molecule has 1 aromatic rings. The minimum absolute atomic E-state index is 0.168. The zero-order valence-corrected chi connectivity index (χ0v) is 8.80. The molecule has 1 heterocycles. The Kier molecular flexibility index (Phi) is 3.69. The lowest BCUT2D eigenvalue weighted by Gasteiger charge is -1.96. The monoisotopic (exact) mass is 192 g/mol. The van der Waals surface area contributed by atoms with Gasteiger partial charge < -0.3 is 4.42 Å². The molecule has 0 saturated heterocycles. The minimum atomic E-state index is 0.168. The van der Waals surface area contributed by atoms with Crippen LogP contribution >= 0.6 is 0 Å². The third kappa shape index (κ3) is 2.59. The van der Waals surface area contributed by atoms with Crippen molar-refractivity contribution in [1.82, 2.24) is 0 Å².